The average Bonchev–Trinajstić information content (AvgIpc) is 3.49. The van der Waals surface area contributed by atoms with E-state index in [9.17, 15) is 19.8 Å². The number of carbonyl (C=O) groups is 2. The highest BCUT2D eigenvalue weighted by Crippen LogP contribution is 2.70. The van der Waals surface area contributed by atoms with Crippen LogP contribution in [0.3, 0.4) is 0 Å². The first-order valence-corrected chi connectivity index (χ1v) is 16.1. The quantitative estimate of drug-likeness (QED) is 0.387. The summed E-state index contributed by atoms with van der Waals surface area (Å²) in [6, 6.07) is 11.2. The molecule has 2 aromatic carbocycles. The Labute approximate surface area is 263 Å². The molecular weight excluding hydrogens is 573 g/mol. The number of halogens is 1. The van der Waals surface area contributed by atoms with E-state index in [1.807, 2.05) is 43.3 Å². The summed E-state index contributed by atoms with van der Waals surface area (Å²) in [5, 5.41) is 22.2. The van der Waals surface area contributed by atoms with Crippen LogP contribution in [0.4, 0.5) is 10.1 Å². The predicted molar refractivity (Wildman–Crippen MR) is 166 cm³/mol. The number of aliphatic hydroxyl groups is 2. The van der Waals surface area contributed by atoms with Gasteiger partial charge in [0.05, 0.1) is 12.2 Å². The number of hydrogen-bond acceptors (Lipinski definition) is 7. The van der Waals surface area contributed by atoms with E-state index >= 15 is 4.39 Å². The van der Waals surface area contributed by atoms with E-state index in [1.54, 1.807) is 25.1 Å². The van der Waals surface area contributed by atoms with Gasteiger partial charge in [0.15, 0.2) is 23.5 Å². The molecule has 7 nitrogen and oxygen atoms in total. The lowest BCUT2D eigenvalue weighted by Gasteiger charge is -2.59. The second-order valence-corrected chi connectivity index (χ2v) is 14.4. The zero-order valence-corrected chi connectivity index (χ0v) is 26.1. The molecule has 0 radical (unpaired) electrons. The van der Waals surface area contributed by atoms with Gasteiger partial charge in [-0.1, -0.05) is 49.8 Å². The maximum absolute atomic E-state index is 16.3. The Bertz CT molecular complexity index is 1630. The third-order valence-corrected chi connectivity index (χ3v) is 12.1. The molecule has 7 rings (SSSR count). The van der Waals surface area contributed by atoms with Gasteiger partial charge in [-0.2, -0.15) is 0 Å². The normalized spacial score (nSPS) is 38.3. The largest absolute Gasteiger partial charge is 0.399 e. The van der Waals surface area contributed by atoms with E-state index in [2.05, 4.69) is 6.92 Å². The van der Waals surface area contributed by atoms with Crippen molar-refractivity contribution < 1.29 is 33.7 Å². The van der Waals surface area contributed by atoms with Crippen LogP contribution < -0.4 is 5.73 Å². The Morgan fingerprint density at radius 3 is 2.73 bits per heavy atom. The molecule has 4 aliphatic carbocycles. The third kappa shape index (κ3) is 4.36. The first-order valence-electron chi connectivity index (χ1n) is 16.1. The molecule has 3 saturated carbocycles. The fourth-order valence-electron chi connectivity index (χ4n) is 10.1. The van der Waals surface area contributed by atoms with Gasteiger partial charge in [-0.15, -0.1) is 0 Å². The fraction of sp³-hybridized carbons (Fsp3) is 0.514. The Balaban J connectivity index is 1.21. The molecule has 1 heterocycles. The number of fused-ring (bicyclic) bond motifs is 7. The van der Waals surface area contributed by atoms with Crippen LogP contribution in [0.2, 0.25) is 0 Å². The topological polar surface area (TPSA) is 119 Å². The molecule has 45 heavy (non-hydrogen) atoms. The van der Waals surface area contributed by atoms with E-state index in [0.29, 0.717) is 36.1 Å². The molecule has 0 unspecified atom stereocenters. The summed E-state index contributed by atoms with van der Waals surface area (Å²) in [4.78, 5) is 26.1. The predicted octanol–water partition coefficient (Wildman–Crippen LogP) is 5.10. The number of hydrogen-bond donors (Lipinski definition) is 3. The highest BCUT2D eigenvalue weighted by Gasteiger charge is 2.76. The van der Waals surface area contributed by atoms with Crippen LogP contribution >= 0.6 is 0 Å². The maximum atomic E-state index is 16.3. The van der Waals surface area contributed by atoms with Gasteiger partial charge in [0.25, 0.3) is 0 Å². The molecule has 0 amide bonds. The van der Waals surface area contributed by atoms with Crippen molar-refractivity contribution in [3.63, 3.8) is 0 Å². The van der Waals surface area contributed by atoms with Crippen molar-refractivity contribution >= 4 is 17.3 Å². The number of nitrogen functional groups attached to an aromatic ring is 1. The third-order valence-electron chi connectivity index (χ3n) is 12.1. The Morgan fingerprint density at radius 1 is 1.18 bits per heavy atom. The van der Waals surface area contributed by atoms with Crippen LogP contribution in [0.15, 0.2) is 60.2 Å². The lowest BCUT2D eigenvalue weighted by atomic mass is 9.46. The van der Waals surface area contributed by atoms with Gasteiger partial charge >= 0.3 is 0 Å². The van der Waals surface area contributed by atoms with Crippen LogP contribution in [0.5, 0.6) is 0 Å². The van der Waals surface area contributed by atoms with E-state index in [1.165, 1.54) is 0 Å². The fourth-order valence-corrected chi connectivity index (χ4v) is 10.1. The second kappa shape index (κ2) is 10.7. The van der Waals surface area contributed by atoms with E-state index < -0.39 is 53.1 Å². The number of nitrogens with two attached hydrogens (primary N) is 1. The minimum Gasteiger partial charge on any atom is -0.399 e. The Morgan fingerprint density at radius 2 is 1.98 bits per heavy atom. The molecule has 1 saturated heterocycles. The summed E-state index contributed by atoms with van der Waals surface area (Å²) in [6.45, 7) is 5.15. The standard InChI is InChI=1S/C37H42FNO6/c1-20-7-9-22(10-8-21-5-4-6-24(39)15-21)33(38)31(20)34-44-30-17-27-26-12-11-23-16-25(41)13-14-35(23,2)32(26)28(42)18-36(27,3)37(30,45-34)29(43)19-40/h4-7,9,13-16,26-28,30,32,34,40,42H,8,10-12,17-19,39H2,1-3H3/t26-,27-,28-,30+,32+,34+,35-,36-,37+/m0/s1. The molecule has 2 aromatic rings. The maximum Gasteiger partial charge on any atom is 0.193 e. The van der Waals surface area contributed by atoms with Crippen LogP contribution in [-0.4, -0.2) is 46.2 Å². The van der Waals surface area contributed by atoms with Crippen molar-refractivity contribution in [1.29, 1.82) is 0 Å². The highest BCUT2D eigenvalue weighted by molar-refractivity contribution is 6.01. The summed E-state index contributed by atoms with van der Waals surface area (Å²) in [7, 11) is 0. The van der Waals surface area contributed by atoms with Crippen LogP contribution in [0.25, 0.3) is 0 Å². The first kappa shape index (κ1) is 30.5. The Hall–Kier alpha value is -3.17. The van der Waals surface area contributed by atoms with Gasteiger partial charge in [0.1, 0.15) is 12.4 Å². The van der Waals surface area contributed by atoms with Crippen molar-refractivity contribution in [2.75, 3.05) is 12.3 Å². The highest BCUT2D eigenvalue weighted by atomic mass is 19.1. The minimum absolute atomic E-state index is 0.0249. The summed E-state index contributed by atoms with van der Waals surface area (Å²) in [5.41, 5.74) is 7.24. The number of aliphatic hydroxyl groups excluding tert-OH is 2. The molecule has 0 aromatic heterocycles. The Kier molecular flexibility index (Phi) is 7.24. The number of aryl methyl sites for hydroxylation is 3. The molecule has 4 N–H and O–H groups in total. The molecule has 5 aliphatic rings. The number of benzene rings is 2. The minimum atomic E-state index is -1.53. The molecule has 0 bridgehead atoms. The number of ketones is 2. The zero-order chi connectivity index (χ0) is 31.9. The lowest BCUT2D eigenvalue weighted by molar-refractivity contribution is -0.201. The van der Waals surface area contributed by atoms with E-state index in [-0.39, 0.29) is 35.5 Å². The van der Waals surface area contributed by atoms with Crippen LogP contribution in [-0.2, 0) is 31.9 Å². The summed E-state index contributed by atoms with van der Waals surface area (Å²) in [5.74, 6) is -1.05. The summed E-state index contributed by atoms with van der Waals surface area (Å²) < 4.78 is 29.5. The van der Waals surface area contributed by atoms with E-state index in [4.69, 9.17) is 15.2 Å². The number of ether oxygens (including phenoxy) is 2. The molecule has 9 atom stereocenters. The van der Waals surface area contributed by atoms with Gasteiger partial charge in [-0.3, -0.25) is 9.59 Å². The van der Waals surface area contributed by atoms with Gasteiger partial charge < -0.3 is 25.4 Å². The van der Waals surface area contributed by atoms with Crippen LogP contribution in [0.1, 0.15) is 68.1 Å². The SMILES string of the molecule is Cc1ccc(CCc2cccc(N)c2)c(F)c1[C@@H]1O[C@@H]2C[C@H]3[C@@H]4CCC5=CC(=O)C=C[C@]5(C)[C@H]4[C@@H](O)C[C@]3(C)[C@]2(C(=O)CO)O1. The van der Waals surface area contributed by atoms with Gasteiger partial charge in [-0.05, 0) is 98.3 Å². The van der Waals surface area contributed by atoms with Crippen molar-refractivity contribution in [3.05, 3.63) is 88.3 Å². The van der Waals surface area contributed by atoms with Crippen molar-refractivity contribution in [1.82, 2.24) is 0 Å². The van der Waals surface area contributed by atoms with Crippen LogP contribution in [0, 0.1) is 41.3 Å². The molecule has 1 aliphatic heterocycles. The number of anilines is 1. The monoisotopic (exact) mass is 615 g/mol. The number of Topliss-reactive ketones (excluding diaryl/α,β-unsaturated/α-hetero) is 1. The molecule has 0 spiro atoms. The first-order chi connectivity index (χ1) is 21.4. The van der Waals surface area contributed by atoms with Gasteiger partial charge in [0.2, 0.25) is 0 Å². The van der Waals surface area contributed by atoms with Crippen molar-refractivity contribution in [2.45, 2.75) is 83.4 Å². The van der Waals surface area contributed by atoms with Gasteiger partial charge in [0, 0.05) is 28.0 Å². The smallest absolute Gasteiger partial charge is 0.193 e. The number of rotatable bonds is 6. The number of allylic oxidation sites excluding steroid dienone is 4. The molecular formula is C37H42FNO6. The van der Waals surface area contributed by atoms with Crippen molar-refractivity contribution in [2.24, 2.45) is 28.6 Å². The van der Waals surface area contributed by atoms with Crippen molar-refractivity contribution in [3.8, 4) is 0 Å². The zero-order valence-electron chi connectivity index (χ0n) is 26.1. The number of carbonyl (C=O) groups excluding carboxylic acids is 2. The molecule has 8 heteroatoms. The lowest BCUT2D eigenvalue weighted by Crippen LogP contribution is -2.63. The van der Waals surface area contributed by atoms with Gasteiger partial charge in [-0.25, -0.2) is 4.39 Å². The average molecular weight is 616 g/mol. The van der Waals surface area contributed by atoms with E-state index in [0.717, 1.165) is 24.0 Å². The molecule has 238 valence electrons. The summed E-state index contributed by atoms with van der Waals surface area (Å²) in [6.07, 6.45) is 5.98. The molecule has 4 fully saturated rings. The summed E-state index contributed by atoms with van der Waals surface area (Å²) >= 11 is 0. The second-order valence-electron chi connectivity index (χ2n) is 14.4.